The summed E-state index contributed by atoms with van der Waals surface area (Å²) in [5.41, 5.74) is 2.51. The molecule has 110 valence electrons. The van der Waals surface area contributed by atoms with Crippen molar-refractivity contribution in [2.45, 2.75) is 53.1 Å². The first-order valence-electron chi connectivity index (χ1n) is 8.11. The van der Waals surface area contributed by atoms with Crippen LogP contribution in [0, 0.1) is 22.7 Å². The van der Waals surface area contributed by atoms with Crippen LogP contribution in [0.5, 0.6) is 0 Å². The summed E-state index contributed by atoms with van der Waals surface area (Å²) in [5.74, 6) is 1.79. The highest BCUT2D eigenvalue weighted by Gasteiger charge is 2.52. The molecule has 0 bridgehead atoms. The van der Waals surface area contributed by atoms with Crippen molar-refractivity contribution >= 4 is 0 Å². The number of hydrogen-bond acceptors (Lipinski definition) is 1. The minimum Gasteiger partial charge on any atom is -0.376 e. The fourth-order valence-electron chi connectivity index (χ4n) is 3.54. The quantitative estimate of drug-likeness (QED) is 0.674. The Morgan fingerprint density at radius 1 is 1.05 bits per heavy atom. The molecule has 1 heteroatoms. The molecule has 1 aromatic carbocycles. The van der Waals surface area contributed by atoms with Crippen molar-refractivity contribution in [2.75, 3.05) is 6.61 Å². The fourth-order valence-corrected chi connectivity index (χ4v) is 3.54. The van der Waals surface area contributed by atoms with E-state index in [-0.39, 0.29) is 0 Å². The Hall–Kier alpha value is -0.820. The van der Waals surface area contributed by atoms with Gasteiger partial charge in [-0.25, -0.2) is 0 Å². The first-order valence-corrected chi connectivity index (χ1v) is 8.11. The number of benzene rings is 1. The molecule has 3 atom stereocenters. The molecular weight excluding hydrogens is 244 g/mol. The Balaban J connectivity index is 1.34. The Labute approximate surface area is 123 Å². The highest BCUT2D eigenvalue weighted by Crippen LogP contribution is 2.60. The molecule has 2 fully saturated rings. The predicted octanol–water partition coefficient (Wildman–Crippen LogP) is 5.06. The molecule has 1 nitrogen and oxygen atoms in total. The summed E-state index contributed by atoms with van der Waals surface area (Å²) in [4.78, 5) is 0. The first kappa shape index (κ1) is 14.1. The minimum atomic E-state index is 0.579. The van der Waals surface area contributed by atoms with Crippen molar-refractivity contribution in [1.29, 1.82) is 0 Å². The summed E-state index contributed by atoms with van der Waals surface area (Å²) in [6.07, 6.45) is 5.65. The van der Waals surface area contributed by atoms with E-state index in [1.807, 2.05) is 0 Å². The van der Waals surface area contributed by atoms with Gasteiger partial charge in [-0.15, -0.1) is 0 Å². The maximum absolute atomic E-state index is 5.90. The van der Waals surface area contributed by atoms with Crippen LogP contribution in [0.25, 0.3) is 0 Å². The van der Waals surface area contributed by atoms with Gasteiger partial charge in [0.15, 0.2) is 0 Å². The molecule has 0 aromatic heterocycles. The van der Waals surface area contributed by atoms with Crippen LogP contribution in [0.15, 0.2) is 30.3 Å². The number of hydrogen-bond donors (Lipinski definition) is 0. The van der Waals surface area contributed by atoms with E-state index >= 15 is 0 Å². The van der Waals surface area contributed by atoms with Crippen LogP contribution < -0.4 is 0 Å². The molecule has 3 unspecified atom stereocenters. The number of rotatable bonds is 7. The van der Waals surface area contributed by atoms with Gasteiger partial charge in [-0.2, -0.15) is 0 Å². The van der Waals surface area contributed by atoms with E-state index in [4.69, 9.17) is 4.74 Å². The second-order valence-electron chi connectivity index (χ2n) is 7.98. The van der Waals surface area contributed by atoms with E-state index in [9.17, 15) is 0 Å². The lowest BCUT2D eigenvalue weighted by Gasteiger charge is -2.12. The maximum atomic E-state index is 5.90. The van der Waals surface area contributed by atoms with Crippen LogP contribution in [0.4, 0.5) is 0 Å². The molecule has 0 heterocycles. The molecule has 2 aliphatic rings. The average Bonchev–Trinajstić information content (AvgIpc) is 3.25. The second-order valence-corrected chi connectivity index (χ2v) is 7.98. The molecule has 0 spiro atoms. The zero-order chi connectivity index (χ0) is 14.2. The van der Waals surface area contributed by atoms with Gasteiger partial charge in [0.05, 0.1) is 13.2 Å². The van der Waals surface area contributed by atoms with E-state index in [1.54, 1.807) is 0 Å². The topological polar surface area (TPSA) is 9.23 Å². The molecule has 20 heavy (non-hydrogen) atoms. The summed E-state index contributed by atoms with van der Waals surface area (Å²) >= 11 is 0. The largest absolute Gasteiger partial charge is 0.376 e. The molecule has 0 radical (unpaired) electrons. The monoisotopic (exact) mass is 272 g/mol. The van der Waals surface area contributed by atoms with Crippen molar-refractivity contribution in [3.05, 3.63) is 35.9 Å². The third-order valence-corrected chi connectivity index (χ3v) is 5.75. The van der Waals surface area contributed by atoms with E-state index in [1.165, 1.54) is 31.2 Å². The Morgan fingerprint density at radius 2 is 1.75 bits per heavy atom. The van der Waals surface area contributed by atoms with Crippen molar-refractivity contribution < 1.29 is 4.74 Å². The zero-order valence-electron chi connectivity index (χ0n) is 13.2. The van der Waals surface area contributed by atoms with Crippen LogP contribution >= 0.6 is 0 Å². The highest BCUT2D eigenvalue weighted by atomic mass is 16.5. The SMILES string of the molecule is CC1(C)CC1CCC1(C)CC1COCc1ccccc1. The normalized spacial score (nSPS) is 34.0. The minimum absolute atomic E-state index is 0.579. The third-order valence-electron chi connectivity index (χ3n) is 5.75. The van der Waals surface area contributed by atoms with Crippen LogP contribution in [-0.2, 0) is 11.3 Å². The van der Waals surface area contributed by atoms with Gasteiger partial charge >= 0.3 is 0 Å². The number of ether oxygens (including phenoxy) is 1. The molecule has 2 saturated carbocycles. The fraction of sp³-hybridized carbons (Fsp3) is 0.684. The van der Waals surface area contributed by atoms with Crippen LogP contribution in [0.1, 0.15) is 52.0 Å². The van der Waals surface area contributed by atoms with E-state index in [2.05, 4.69) is 51.1 Å². The molecule has 0 amide bonds. The molecule has 3 rings (SSSR count). The zero-order valence-corrected chi connectivity index (χ0v) is 13.2. The highest BCUT2D eigenvalue weighted by molar-refractivity contribution is 5.13. The predicted molar refractivity (Wildman–Crippen MR) is 83.4 cm³/mol. The molecule has 0 saturated heterocycles. The van der Waals surface area contributed by atoms with Gasteiger partial charge in [0.2, 0.25) is 0 Å². The average molecular weight is 272 g/mol. The molecule has 2 aliphatic carbocycles. The Bertz CT molecular complexity index is 450. The van der Waals surface area contributed by atoms with Crippen molar-refractivity contribution in [3.8, 4) is 0 Å². The molecule has 0 aliphatic heterocycles. The molecular formula is C19H28O. The summed E-state index contributed by atoms with van der Waals surface area (Å²) in [7, 11) is 0. The molecule has 1 aromatic rings. The van der Waals surface area contributed by atoms with Crippen molar-refractivity contribution in [1.82, 2.24) is 0 Å². The van der Waals surface area contributed by atoms with E-state index < -0.39 is 0 Å². The lowest BCUT2D eigenvalue weighted by molar-refractivity contribution is 0.101. The van der Waals surface area contributed by atoms with Crippen molar-refractivity contribution in [2.24, 2.45) is 22.7 Å². The Kier molecular flexibility index (Phi) is 3.66. The van der Waals surface area contributed by atoms with Gasteiger partial charge < -0.3 is 4.74 Å². The lowest BCUT2D eigenvalue weighted by Crippen LogP contribution is -2.06. The van der Waals surface area contributed by atoms with Gasteiger partial charge in [-0.05, 0) is 53.9 Å². The van der Waals surface area contributed by atoms with E-state index in [0.29, 0.717) is 10.8 Å². The summed E-state index contributed by atoms with van der Waals surface area (Å²) in [6.45, 7) is 8.99. The Morgan fingerprint density at radius 3 is 2.40 bits per heavy atom. The van der Waals surface area contributed by atoms with Crippen LogP contribution in [0.2, 0.25) is 0 Å². The summed E-state index contributed by atoms with van der Waals surface area (Å²) in [5, 5.41) is 0. The van der Waals surface area contributed by atoms with Gasteiger partial charge in [0.1, 0.15) is 0 Å². The summed E-state index contributed by atoms with van der Waals surface area (Å²) in [6, 6.07) is 10.5. The first-order chi connectivity index (χ1) is 9.50. The lowest BCUT2D eigenvalue weighted by atomic mass is 9.95. The molecule has 0 N–H and O–H groups in total. The van der Waals surface area contributed by atoms with E-state index in [0.717, 1.165) is 25.0 Å². The van der Waals surface area contributed by atoms with Crippen LogP contribution in [-0.4, -0.2) is 6.61 Å². The third kappa shape index (κ3) is 3.25. The standard InChI is InChI=1S/C19H28O/c1-18(2)11-16(18)9-10-19(3)12-17(19)14-20-13-15-7-5-4-6-8-15/h4-8,16-17H,9-14H2,1-3H3. The summed E-state index contributed by atoms with van der Waals surface area (Å²) < 4.78 is 5.90. The maximum Gasteiger partial charge on any atom is 0.0717 e. The van der Waals surface area contributed by atoms with Gasteiger partial charge in [0, 0.05) is 0 Å². The van der Waals surface area contributed by atoms with Crippen LogP contribution in [0.3, 0.4) is 0 Å². The van der Waals surface area contributed by atoms with Gasteiger partial charge in [0.25, 0.3) is 0 Å². The van der Waals surface area contributed by atoms with Gasteiger partial charge in [-0.3, -0.25) is 0 Å². The van der Waals surface area contributed by atoms with Gasteiger partial charge in [-0.1, -0.05) is 51.1 Å². The second kappa shape index (κ2) is 5.18. The van der Waals surface area contributed by atoms with Crippen molar-refractivity contribution in [3.63, 3.8) is 0 Å². The smallest absolute Gasteiger partial charge is 0.0717 e.